The summed E-state index contributed by atoms with van der Waals surface area (Å²) in [4.78, 5) is 13.6. The number of aromatic nitrogens is 2. The molecule has 0 N–H and O–H groups in total. The Bertz CT molecular complexity index is 912. The maximum atomic E-state index is 5.89. The predicted molar refractivity (Wildman–Crippen MR) is 115 cm³/mol. The first-order valence-corrected chi connectivity index (χ1v) is 9.93. The average molecular weight is 390 g/mol. The fourth-order valence-electron chi connectivity index (χ4n) is 3.57. The molecule has 0 atom stereocenters. The molecule has 2 aromatic heterocycles. The van der Waals surface area contributed by atoms with Gasteiger partial charge in [0.15, 0.2) is 0 Å². The van der Waals surface area contributed by atoms with Crippen molar-refractivity contribution in [3.05, 3.63) is 67.1 Å². The summed E-state index contributed by atoms with van der Waals surface area (Å²) in [5.41, 5.74) is 2.31. The van der Waals surface area contributed by atoms with E-state index >= 15 is 0 Å². The molecule has 6 nitrogen and oxygen atoms in total. The molecule has 0 saturated carbocycles. The van der Waals surface area contributed by atoms with Gasteiger partial charge in [0.25, 0.3) is 0 Å². The standard InChI is InChI=1S/C23H26N4O2/c1-28-20-4-2-5-21(18-20)29-17-16-26-12-14-27(15-13-26)23-22(6-3-9-25-23)19-7-10-24-11-8-19/h2-11,18H,12-17H2,1H3. The van der Waals surface area contributed by atoms with Crippen LogP contribution < -0.4 is 14.4 Å². The Labute approximate surface area is 171 Å². The van der Waals surface area contributed by atoms with E-state index < -0.39 is 0 Å². The molecular weight excluding hydrogens is 364 g/mol. The number of rotatable bonds is 7. The summed E-state index contributed by atoms with van der Waals surface area (Å²) in [6.45, 7) is 5.47. The largest absolute Gasteiger partial charge is 0.497 e. The van der Waals surface area contributed by atoms with E-state index in [0.29, 0.717) is 6.61 Å². The number of methoxy groups -OCH3 is 1. The summed E-state index contributed by atoms with van der Waals surface area (Å²) < 4.78 is 11.1. The molecule has 1 aliphatic rings. The third-order valence-electron chi connectivity index (χ3n) is 5.17. The SMILES string of the molecule is COc1cccc(OCCN2CCN(c3ncccc3-c3ccncc3)CC2)c1. The van der Waals surface area contributed by atoms with Crippen molar-refractivity contribution in [2.75, 3.05) is 51.3 Å². The van der Waals surface area contributed by atoms with Crippen molar-refractivity contribution < 1.29 is 9.47 Å². The number of anilines is 1. The number of ether oxygens (including phenoxy) is 2. The zero-order chi connectivity index (χ0) is 19.9. The van der Waals surface area contributed by atoms with Crippen molar-refractivity contribution in [2.24, 2.45) is 0 Å². The number of hydrogen-bond acceptors (Lipinski definition) is 6. The minimum Gasteiger partial charge on any atom is -0.497 e. The molecule has 1 aromatic carbocycles. The predicted octanol–water partition coefficient (Wildman–Crippen LogP) is 3.35. The van der Waals surface area contributed by atoms with Crippen molar-refractivity contribution in [3.8, 4) is 22.6 Å². The Morgan fingerprint density at radius 3 is 2.48 bits per heavy atom. The first-order valence-electron chi connectivity index (χ1n) is 9.93. The summed E-state index contributed by atoms with van der Waals surface area (Å²) in [5.74, 6) is 2.71. The van der Waals surface area contributed by atoms with Gasteiger partial charge in [0.2, 0.25) is 0 Å². The van der Waals surface area contributed by atoms with Gasteiger partial charge < -0.3 is 14.4 Å². The molecule has 29 heavy (non-hydrogen) atoms. The Hall–Kier alpha value is -3.12. The minimum atomic E-state index is 0.666. The van der Waals surface area contributed by atoms with E-state index in [1.807, 2.05) is 61.1 Å². The highest BCUT2D eigenvalue weighted by atomic mass is 16.5. The van der Waals surface area contributed by atoms with E-state index in [9.17, 15) is 0 Å². The smallest absolute Gasteiger partial charge is 0.136 e. The molecule has 3 aromatic rings. The summed E-state index contributed by atoms with van der Waals surface area (Å²) >= 11 is 0. The quantitative estimate of drug-likeness (QED) is 0.617. The van der Waals surface area contributed by atoms with E-state index in [0.717, 1.165) is 61.2 Å². The third kappa shape index (κ3) is 4.84. The highest BCUT2D eigenvalue weighted by Crippen LogP contribution is 2.28. The molecular formula is C23H26N4O2. The van der Waals surface area contributed by atoms with Crippen molar-refractivity contribution in [1.29, 1.82) is 0 Å². The van der Waals surface area contributed by atoms with Gasteiger partial charge in [0, 0.05) is 62.9 Å². The maximum absolute atomic E-state index is 5.89. The summed E-state index contributed by atoms with van der Waals surface area (Å²) in [7, 11) is 1.67. The summed E-state index contributed by atoms with van der Waals surface area (Å²) in [6, 6.07) is 15.9. The molecule has 0 bridgehead atoms. The van der Waals surface area contributed by atoms with Gasteiger partial charge in [0.1, 0.15) is 23.9 Å². The highest BCUT2D eigenvalue weighted by molar-refractivity contribution is 5.75. The molecule has 1 aliphatic heterocycles. The van der Waals surface area contributed by atoms with Gasteiger partial charge in [-0.05, 0) is 42.0 Å². The molecule has 0 spiro atoms. The minimum absolute atomic E-state index is 0.666. The summed E-state index contributed by atoms with van der Waals surface area (Å²) in [5, 5.41) is 0. The van der Waals surface area contributed by atoms with E-state index in [4.69, 9.17) is 9.47 Å². The van der Waals surface area contributed by atoms with Crippen LogP contribution in [0, 0.1) is 0 Å². The topological polar surface area (TPSA) is 50.7 Å². The number of benzene rings is 1. The number of nitrogens with zero attached hydrogens (tertiary/aromatic N) is 4. The van der Waals surface area contributed by atoms with Crippen LogP contribution in [-0.2, 0) is 0 Å². The van der Waals surface area contributed by atoms with Crippen LogP contribution in [0.1, 0.15) is 0 Å². The van der Waals surface area contributed by atoms with E-state index in [1.54, 1.807) is 7.11 Å². The monoisotopic (exact) mass is 390 g/mol. The molecule has 1 saturated heterocycles. The first kappa shape index (κ1) is 19.2. The second-order valence-electron chi connectivity index (χ2n) is 6.97. The van der Waals surface area contributed by atoms with Crippen LogP contribution in [0.4, 0.5) is 5.82 Å². The Morgan fingerprint density at radius 1 is 0.897 bits per heavy atom. The van der Waals surface area contributed by atoms with E-state index in [2.05, 4.69) is 25.8 Å². The second kappa shape index (κ2) is 9.39. The second-order valence-corrected chi connectivity index (χ2v) is 6.97. The Kier molecular flexibility index (Phi) is 6.22. The van der Waals surface area contributed by atoms with Gasteiger partial charge in [0.05, 0.1) is 7.11 Å². The van der Waals surface area contributed by atoms with Gasteiger partial charge in [-0.2, -0.15) is 0 Å². The van der Waals surface area contributed by atoms with Crippen LogP contribution in [0.5, 0.6) is 11.5 Å². The normalized spacial score (nSPS) is 14.6. The maximum Gasteiger partial charge on any atom is 0.136 e. The van der Waals surface area contributed by atoms with Gasteiger partial charge >= 0.3 is 0 Å². The van der Waals surface area contributed by atoms with Gasteiger partial charge in [-0.1, -0.05) is 6.07 Å². The van der Waals surface area contributed by atoms with Crippen LogP contribution in [0.15, 0.2) is 67.1 Å². The van der Waals surface area contributed by atoms with Crippen molar-refractivity contribution >= 4 is 5.82 Å². The molecule has 1 fully saturated rings. The zero-order valence-electron chi connectivity index (χ0n) is 16.7. The lowest BCUT2D eigenvalue weighted by Gasteiger charge is -2.36. The molecule has 6 heteroatoms. The van der Waals surface area contributed by atoms with Crippen LogP contribution >= 0.6 is 0 Å². The third-order valence-corrected chi connectivity index (χ3v) is 5.17. The van der Waals surface area contributed by atoms with Crippen molar-refractivity contribution in [2.45, 2.75) is 0 Å². The van der Waals surface area contributed by atoms with Crippen LogP contribution in [0.25, 0.3) is 11.1 Å². The van der Waals surface area contributed by atoms with Crippen molar-refractivity contribution in [3.63, 3.8) is 0 Å². The van der Waals surface area contributed by atoms with Crippen LogP contribution in [0.2, 0.25) is 0 Å². The molecule has 0 amide bonds. The first-order chi connectivity index (χ1) is 14.3. The lowest BCUT2D eigenvalue weighted by atomic mass is 10.1. The lowest BCUT2D eigenvalue weighted by molar-refractivity contribution is 0.200. The number of piperazine rings is 1. The molecule has 3 heterocycles. The Morgan fingerprint density at radius 2 is 1.69 bits per heavy atom. The highest BCUT2D eigenvalue weighted by Gasteiger charge is 2.20. The zero-order valence-corrected chi connectivity index (χ0v) is 16.7. The Balaban J connectivity index is 1.31. The van der Waals surface area contributed by atoms with E-state index in [1.165, 1.54) is 0 Å². The molecule has 4 rings (SSSR count). The average Bonchev–Trinajstić information content (AvgIpc) is 2.80. The molecule has 150 valence electrons. The molecule has 0 radical (unpaired) electrons. The van der Waals surface area contributed by atoms with Gasteiger partial charge in [-0.15, -0.1) is 0 Å². The van der Waals surface area contributed by atoms with Crippen LogP contribution in [-0.4, -0.2) is 61.3 Å². The number of hydrogen-bond donors (Lipinski definition) is 0. The molecule has 0 aliphatic carbocycles. The van der Waals surface area contributed by atoms with Gasteiger partial charge in [-0.3, -0.25) is 9.88 Å². The van der Waals surface area contributed by atoms with Crippen LogP contribution in [0.3, 0.4) is 0 Å². The van der Waals surface area contributed by atoms with Crippen molar-refractivity contribution in [1.82, 2.24) is 14.9 Å². The summed E-state index contributed by atoms with van der Waals surface area (Å²) in [6.07, 6.45) is 5.52. The molecule has 0 unspecified atom stereocenters. The van der Waals surface area contributed by atoms with E-state index in [-0.39, 0.29) is 0 Å². The fourth-order valence-corrected chi connectivity index (χ4v) is 3.57. The van der Waals surface area contributed by atoms with Gasteiger partial charge in [-0.25, -0.2) is 4.98 Å². The fraction of sp³-hybridized carbons (Fsp3) is 0.304. The lowest BCUT2D eigenvalue weighted by Crippen LogP contribution is -2.47. The number of pyridine rings is 2.